The molecule has 1 rings (SSSR count). The van der Waals surface area contributed by atoms with Crippen molar-refractivity contribution in [3.8, 4) is 0 Å². The lowest BCUT2D eigenvalue weighted by Gasteiger charge is -2.13. The van der Waals surface area contributed by atoms with Crippen molar-refractivity contribution in [3.05, 3.63) is 11.8 Å². The lowest BCUT2D eigenvalue weighted by Crippen LogP contribution is -2.29. The first-order valence-electron chi connectivity index (χ1n) is 2.73. The summed E-state index contributed by atoms with van der Waals surface area (Å²) in [6.45, 7) is 0. The summed E-state index contributed by atoms with van der Waals surface area (Å²) in [5, 5.41) is 9.00. The molecule has 0 aliphatic carbocycles. The number of carbonyl (C=O) groups is 2. The van der Waals surface area contributed by atoms with Gasteiger partial charge in [0.05, 0.1) is 0 Å². The minimum Gasteiger partial charge on any atom is -0.452 e. The molecule has 0 spiro atoms. The SMILES string of the molecule is O=CC1=CCC(O)(C=O)O1. The highest BCUT2D eigenvalue weighted by molar-refractivity contribution is 5.73. The van der Waals surface area contributed by atoms with Crippen molar-refractivity contribution >= 4 is 12.6 Å². The molecular formula is C6H6O4. The molecule has 1 heterocycles. The summed E-state index contributed by atoms with van der Waals surface area (Å²) in [5.74, 6) is -1.79. The molecule has 1 aliphatic heterocycles. The van der Waals surface area contributed by atoms with E-state index >= 15 is 0 Å². The number of ether oxygens (including phenoxy) is 1. The van der Waals surface area contributed by atoms with Gasteiger partial charge >= 0.3 is 0 Å². The maximum atomic E-state index is 10.1. The van der Waals surface area contributed by atoms with Crippen LogP contribution in [0, 0.1) is 0 Å². The predicted molar refractivity (Wildman–Crippen MR) is 30.9 cm³/mol. The third-order valence-electron chi connectivity index (χ3n) is 1.19. The van der Waals surface area contributed by atoms with E-state index in [9.17, 15) is 9.59 Å². The van der Waals surface area contributed by atoms with Gasteiger partial charge in [-0.05, 0) is 6.08 Å². The third-order valence-corrected chi connectivity index (χ3v) is 1.19. The zero-order valence-corrected chi connectivity index (χ0v) is 5.11. The van der Waals surface area contributed by atoms with Crippen molar-refractivity contribution in [2.24, 2.45) is 0 Å². The van der Waals surface area contributed by atoms with E-state index in [1.165, 1.54) is 6.08 Å². The van der Waals surface area contributed by atoms with Gasteiger partial charge in [0.2, 0.25) is 0 Å². The molecule has 1 aliphatic rings. The normalized spacial score (nSPS) is 30.7. The predicted octanol–water partition coefficient (Wildman–Crippen LogP) is -0.623. The molecule has 1 unspecified atom stereocenters. The highest BCUT2D eigenvalue weighted by atomic mass is 16.6. The summed E-state index contributed by atoms with van der Waals surface area (Å²) < 4.78 is 4.53. The van der Waals surface area contributed by atoms with Crippen LogP contribution in [0.2, 0.25) is 0 Å². The number of carbonyl (C=O) groups excluding carboxylic acids is 2. The zero-order chi connectivity index (χ0) is 7.61. The van der Waals surface area contributed by atoms with Crippen LogP contribution in [0.5, 0.6) is 0 Å². The van der Waals surface area contributed by atoms with Crippen LogP contribution in [0.15, 0.2) is 11.8 Å². The van der Waals surface area contributed by atoms with Gasteiger partial charge in [-0.2, -0.15) is 0 Å². The molecule has 0 amide bonds. The van der Waals surface area contributed by atoms with Gasteiger partial charge in [-0.25, -0.2) is 0 Å². The van der Waals surface area contributed by atoms with Crippen molar-refractivity contribution in [2.75, 3.05) is 0 Å². The summed E-state index contributed by atoms with van der Waals surface area (Å²) in [6.07, 6.45) is 2.12. The summed E-state index contributed by atoms with van der Waals surface area (Å²) >= 11 is 0. The summed E-state index contributed by atoms with van der Waals surface area (Å²) in [5.41, 5.74) is 0. The van der Waals surface area contributed by atoms with Crippen LogP contribution in [0.3, 0.4) is 0 Å². The number of rotatable bonds is 2. The molecule has 1 atom stereocenters. The van der Waals surface area contributed by atoms with Crippen LogP contribution in [0.1, 0.15) is 6.42 Å². The van der Waals surface area contributed by atoms with Crippen molar-refractivity contribution < 1.29 is 19.4 Å². The van der Waals surface area contributed by atoms with Crippen LogP contribution in [-0.4, -0.2) is 23.5 Å². The largest absolute Gasteiger partial charge is 0.452 e. The number of hydrogen-bond acceptors (Lipinski definition) is 4. The fourth-order valence-electron chi connectivity index (χ4n) is 0.679. The number of aldehydes is 2. The van der Waals surface area contributed by atoms with Gasteiger partial charge in [0.15, 0.2) is 18.3 Å². The molecule has 0 saturated heterocycles. The number of allylic oxidation sites excluding steroid dienone is 1. The first-order valence-corrected chi connectivity index (χ1v) is 2.73. The topological polar surface area (TPSA) is 63.6 Å². The Kier molecular flexibility index (Phi) is 1.55. The minimum absolute atomic E-state index is 0.00889. The quantitative estimate of drug-likeness (QED) is 0.522. The van der Waals surface area contributed by atoms with Crippen LogP contribution >= 0.6 is 0 Å². The Labute approximate surface area is 57.1 Å². The van der Waals surface area contributed by atoms with Crippen LogP contribution in [-0.2, 0) is 14.3 Å². The second kappa shape index (κ2) is 2.22. The Hall–Kier alpha value is -1.16. The molecule has 1 N–H and O–H groups in total. The second-order valence-electron chi connectivity index (χ2n) is 1.99. The molecule has 0 saturated carbocycles. The molecule has 54 valence electrons. The molecule has 0 fully saturated rings. The van der Waals surface area contributed by atoms with Gasteiger partial charge in [-0.15, -0.1) is 0 Å². The van der Waals surface area contributed by atoms with Gasteiger partial charge in [-0.1, -0.05) is 0 Å². The van der Waals surface area contributed by atoms with Gasteiger partial charge in [0, 0.05) is 6.42 Å². The van der Waals surface area contributed by atoms with Crippen molar-refractivity contribution in [1.82, 2.24) is 0 Å². The van der Waals surface area contributed by atoms with Crippen molar-refractivity contribution in [1.29, 1.82) is 0 Å². The molecule has 10 heavy (non-hydrogen) atoms. The van der Waals surface area contributed by atoms with E-state index < -0.39 is 5.79 Å². The lowest BCUT2D eigenvalue weighted by molar-refractivity contribution is -0.169. The van der Waals surface area contributed by atoms with E-state index in [0.29, 0.717) is 6.29 Å². The fraction of sp³-hybridized carbons (Fsp3) is 0.333. The average Bonchev–Trinajstić information content (AvgIpc) is 2.33. The first kappa shape index (κ1) is 6.95. The molecule has 4 heteroatoms. The first-order chi connectivity index (χ1) is 4.70. The van der Waals surface area contributed by atoms with E-state index in [4.69, 9.17) is 5.11 Å². The molecule has 4 nitrogen and oxygen atoms in total. The number of hydrogen-bond donors (Lipinski definition) is 1. The Morgan fingerprint density at radius 3 is 2.70 bits per heavy atom. The maximum Gasteiger partial charge on any atom is 0.268 e. The summed E-state index contributed by atoms with van der Waals surface area (Å²) in [4.78, 5) is 20.1. The fourth-order valence-corrected chi connectivity index (χ4v) is 0.679. The minimum atomic E-state index is -1.80. The van der Waals surface area contributed by atoms with Gasteiger partial charge in [0.25, 0.3) is 5.79 Å². The van der Waals surface area contributed by atoms with E-state index in [0.717, 1.165) is 0 Å². The smallest absolute Gasteiger partial charge is 0.268 e. The molecule has 0 radical (unpaired) electrons. The molecule has 0 aromatic rings. The monoisotopic (exact) mass is 142 g/mol. The van der Waals surface area contributed by atoms with Gasteiger partial charge in [0.1, 0.15) is 0 Å². The Balaban J connectivity index is 2.66. The number of aliphatic hydroxyl groups is 1. The van der Waals surface area contributed by atoms with E-state index in [1.807, 2.05) is 0 Å². The van der Waals surface area contributed by atoms with Gasteiger partial charge < -0.3 is 9.84 Å². The van der Waals surface area contributed by atoms with Gasteiger partial charge in [-0.3, -0.25) is 9.59 Å². The zero-order valence-electron chi connectivity index (χ0n) is 5.11. The van der Waals surface area contributed by atoms with Crippen LogP contribution in [0.25, 0.3) is 0 Å². The highest BCUT2D eigenvalue weighted by Crippen LogP contribution is 2.21. The highest BCUT2D eigenvalue weighted by Gasteiger charge is 2.33. The van der Waals surface area contributed by atoms with E-state index in [-0.39, 0.29) is 18.5 Å². The molecule has 0 bridgehead atoms. The molecular weight excluding hydrogens is 136 g/mol. The van der Waals surface area contributed by atoms with Crippen LogP contribution in [0.4, 0.5) is 0 Å². The summed E-state index contributed by atoms with van der Waals surface area (Å²) in [6, 6.07) is 0. The van der Waals surface area contributed by atoms with E-state index in [1.54, 1.807) is 0 Å². The summed E-state index contributed by atoms with van der Waals surface area (Å²) in [7, 11) is 0. The third kappa shape index (κ3) is 1.06. The molecule has 0 aromatic heterocycles. The second-order valence-corrected chi connectivity index (χ2v) is 1.99. The van der Waals surface area contributed by atoms with Crippen LogP contribution < -0.4 is 0 Å². The standard InChI is InChI=1S/C6H6O4/c7-3-5-1-2-6(9,4-8)10-5/h1,3-4,9H,2H2. The Morgan fingerprint density at radius 2 is 2.40 bits per heavy atom. The Morgan fingerprint density at radius 1 is 1.70 bits per heavy atom. The van der Waals surface area contributed by atoms with Crippen molar-refractivity contribution in [3.63, 3.8) is 0 Å². The van der Waals surface area contributed by atoms with E-state index in [2.05, 4.69) is 4.74 Å². The average molecular weight is 142 g/mol. The molecule has 0 aromatic carbocycles. The Bertz CT molecular complexity index is 196. The lowest BCUT2D eigenvalue weighted by atomic mass is 10.2. The maximum absolute atomic E-state index is 10.1. The van der Waals surface area contributed by atoms with Crippen molar-refractivity contribution in [2.45, 2.75) is 12.2 Å².